The minimum absolute atomic E-state index is 0.230. The summed E-state index contributed by atoms with van der Waals surface area (Å²) in [5.74, 6) is 0.977. The molecule has 1 fully saturated rings. The lowest BCUT2D eigenvalue weighted by Gasteiger charge is -2.35. The normalized spacial score (nSPS) is 14.6. The molecule has 0 spiro atoms. The van der Waals surface area contributed by atoms with E-state index in [1.54, 1.807) is 24.2 Å². The van der Waals surface area contributed by atoms with Gasteiger partial charge in [-0.3, -0.25) is 4.79 Å². The lowest BCUT2D eigenvalue weighted by Crippen LogP contribution is -2.49. The monoisotopic (exact) mass is 385 g/mol. The molecule has 0 bridgehead atoms. The highest BCUT2D eigenvalue weighted by Gasteiger charge is 2.22. The van der Waals surface area contributed by atoms with Crippen molar-refractivity contribution in [3.63, 3.8) is 0 Å². The number of hydrogen-bond donors (Lipinski definition) is 0. The van der Waals surface area contributed by atoms with Gasteiger partial charge in [0.05, 0.1) is 0 Å². The summed E-state index contributed by atoms with van der Waals surface area (Å²) in [6, 6.07) is 10.4. The second kappa shape index (κ2) is 9.71. The maximum atomic E-state index is 12.5. The molecule has 7 heteroatoms. The summed E-state index contributed by atoms with van der Waals surface area (Å²) in [6.45, 7) is 4.67. The maximum Gasteiger partial charge on any atom is 0.225 e. The number of aromatic nitrogens is 2. The molecular formula is C20H27N5OS. The quantitative estimate of drug-likeness (QED) is 0.682. The summed E-state index contributed by atoms with van der Waals surface area (Å²) in [5, 5.41) is 0. The van der Waals surface area contributed by atoms with Gasteiger partial charge in [0, 0.05) is 63.0 Å². The molecule has 1 aromatic heterocycles. The van der Waals surface area contributed by atoms with Crippen LogP contribution in [0.5, 0.6) is 0 Å². The fourth-order valence-electron chi connectivity index (χ4n) is 3.18. The third kappa shape index (κ3) is 5.68. The van der Waals surface area contributed by atoms with Gasteiger partial charge in [0.2, 0.25) is 11.9 Å². The number of rotatable bonds is 7. The summed E-state index contributed by atoms with van der Waals surface area (Å²) >= 11 is 1.75. The first-order chi connectivity index (χ1) is 13.2. The van der Waals surface area contributed by atoms with Gasteiger partial charge in [-0.1, -0.05) is 12.1 Å². The highest BCUT2D eigenvalue weighted by molar-refractivity contribution is 7.98. The van der Waals surface area contributed by atoms with Gasteiger partial charge in [-0.15, -0.1) is 11.8 Å². The van der Waals surface area contributed by atoms with Gasteiger partial charge in [-0.05, 0) is 37.1 Å². The van der Waals surface area contributed by atoms with Gasteiger partial charge in [0.1, 0.15) is 0 Å². The number of piperazine rings is 1. The average molecular weight is 386 g/mol. The van der Waals surface area contributed by atoms with E-state index in [4.69, 9.17) is 0 Å². The molecule has 2 heterocycles. The summed E-state index contributed by atoms with van der Waals surface area (Å²) < 4.78 is 0. The second-order valence-corrected chi connectivity index (χ2v) is 7.63. The Labute approximate surface area is 165 Å². The van der Waals surface area contributed by atoms with Gasteiger partial charge in [-0.25, -0.2) is 9.97 Å². The Morgan fingerprint density at radius 1 is 1.11 bits per heavy atom. The molecule has 0 N–H and O–H groups in total. The number of amides is 1. The number of hydrogen-bond acceptors (Lipinski definition) is 6. The molecule has 1 aliphatic rings. The molecule has 144 valence electrons. The Balaban J connectivity index is 1.40. The summed E-state index contributed by atoms with van der Waals surface area (Å²) in [5.41, 5.74) is 1.28. The van der Waals surface area contributed by atoms with Crippen LogP contribution in [0.1, 0.15) is 12.0 Å². The van der Waals surface area contributed by atoms with E-state index in [2.05, 4.69) is 57.3 Å². The van der Waals surface area contributed by atoms with E-state index in [-0.39, 0.29) is 5.91 Å². The van der Waals surface area contributed by atoms with E-state index in [1.807, 2.05) is 11.0 Å². The number of thioether (sulfide) groups is 1. The van der Waals surface area contributed by atoms with Crippen LogP contribution in [0.25, 0.3) is 0 Å². The van der Waals surface area contributed by atoms with Crippen molar-refractivity contribution >= 4 is 23.6 Å². The highest BCUT2D eigenvalue weighted by atomic mass is 32.2. The predicted octanol–water partition coefficient (Wildman–Crippen LogP) is 2.37. The SMILES string of the molecule is CSc1ccc(CN(C)CCC(=O)N2CCN(c3ncccn3)CC2)cc1. The standard InChI is InChI=1S/C20H27N5OS/c1-23(16-17-4-6-18(27-2)7-5-17)11-8-19(26)24-12-14-25(15-13-24)20-21-9-3-10-22-20/h3-7,9-10H,8,11-16H2,1-2H3. The van der Waals surface area contributed by atoms with E-state index in [0.717, 1.165) is 45.2 Å². The van der Waals surface area contributed by atoms with Gasteiger partial charge in [0.15, 0.2) is 0 Å². The van der Waals surface area contributed by atoms with Gasteiger partial charge in [-0.2, -0.15) is 0 Å². The van der Waals surface area contributed by atoms with E-state index in [0.29, 0.717) is 6.42 Å². The van der Waals surface area contributed by atoms with Crippen LogP contribution in [0.2, 0.25) is 0 Å². The van der Waals surface area contributed by atoms with E-state index in [9.17, 15) is 4.79 Å². The molecule has 0 radical (unpaired) electrons. The van der Waals surface area contributed by atoms with Crippen LogP contribution in [0.4, 0.5) is 5.95 Å². The van der Waals surface area contributed by atoms with Crippen molar-refractivity contribution in [2.45, 2.75) is 17.9 Å². The fraction of sp³-hybridized carbons (Fsp3) is 0.450. The smallest absolute Gasteiger partial charge is 0.225 e. The molecule has 3 rings (SSSR count). The van der Waals surface area contributed by atoms with Crippen molar-refractivity contribution in [3.05, 3.63) is 48.3 Å². The Morgan fingerprint density at radius 2 is 1.78 bits per heavy atom. The molecule has 1 amide bonds. The second-order valence-electron chi connectivity index (χ2n) is 6.75. The molecule has 0 saturated carbocycles. The Morgan fingerprint density at radius 3 is 2.41 bits per heavy atom. The number of carbonyl (C=O) groups excluding carboxylic acids is 1. The minimum Gasteiger partial charge on any atom is -0.339 e. The minimum atomic E-state index is 0.230. The van der Waals surface area contributed by atoms with Crippen molar-refractivity contribution in [3.8, 4) is 0 Å². The molecule has 1 saturated heterocycles. The third-order valence-corrected chi connectivity index (χ3v) is 5.53. The van der Waals surface area contributed by atoms with E-state index in [1.165, 1.54) is 10.5 Å². The first-order valence-electron chi connectivity index (χ1n) is 9.27. The Kier molecular flexibility index (Phi) is 7.06. The van der Waals surface area contributed by atoms with Crippen molar-refractivity contribution in [2.24, 2.45) is 0 Å². The molecule has 0 atom stereocenters. The molecular weight excluding hydrogens is 358 g/mol. The maximum absolute atomic E-state index is 12.5. The number of benzene rings is 1. The summed E-state index contributed by atoms with van der Waals surface area (Å²) in [4.78, 5) is 28.7. The Hall–Kier alpha value is -2.12. The number of carbonyl (C=O) groups is 1. The topological polar surface area (TPSA) is 52.6 Å². The lowest BCUT2D eigenvalue weighted by atomic mass is 10.2. The third-order valence-electron chi connectivity index (χ3n) is 4.79. The van der Waals surface area contributed by atoms with Crippen molar-refractivity contribution in [1.82, 2.24) is 19.8 Å². The van der Waals surface area contributed by atoms with Gasteiger partial charge < -0.3 is 14.7 Å². The van der Waals surface area contributed by atoms with Crippen LogP contribution in [-0.2, 0) is 11.3 Å². The summed E-state index contributed by atoms with van der Waals surface area (Å²) in [7, 11) is 2.07. The molecule has 1 aliphatic heterocycles. The van der Waals surface area contributed by atoms with Crippen LogP contribution >= 0.6 is 11.8 Å². The zero-order valence-corrected chi connectivity index (χ0v) is 16.9. The van der Waals surface area contributed by atoms with Crippen LogP contribution in [-0.4, -0.2) is 71.7 Å². The van der Waals surface area contributed by atoms with Crippen molar-refractivity contribution in [1.29, 1.82) is 0 Å². The van der Waals surface area contributed by atoms with Gasteiger partial charge >= 0.3 is 0 Å². The lowest BCUT2D eigenvalue weighted by molar-refractivity contribution is -0.131. The van der Waals surface area contributed by atoms with Crippen molar-refractivity contribution in [2.75, 3.05) is 50.9 Å². The average Bonchev–Trinajstić information content (AvgIpc) is 2.73. The summed E-state index contributed by atoms with van der Waals surface area (Å²) in [6.07, 6.45) is 6.15. The molecule has 6 nitrogen and oxygen atoms in total. The largest absolute Gasteiger partial charge is 0.339 e. The molecule has 27 heavy (non-hydrogen) atoms. The van der Waals surface area contributed by atoms with Crippen LogP contribution in [0, 0.1) is 0 Å². The molecule has 0 aliphatic carbocycles. The van der Waals surface area contributed by atoms with Crippen LogP contribution < -0.4 is 4.90 Å². The molecule has 1 aromatic carbocycles. The molecule has 0 unspecified atom stereocenters. The van der Waals surface area contributed by atoms with Crippen LogP contribution in [0.3, 0.4) is 0 Å². The highest BCUT2D eigenvalue weighted by Crippen LogP contribution is 2.16. The van der Waals surface area contributed by atoms with Crippen molar-refractivity contribution < 1.29 is 4.79 Å². The number of anilines is 1. The van der Waals surface area contributed by atoms with Gasteiger partial charge in [0.25, 0.3) is 0 Å². The van der Waals surface area contributed by atoms with E-state index < -0.39 is 0 Å². The van der Waals surface area contributed by atoms with Crippen LogP contribution in [0.15, 0.2) is 47.6 Å². The molecule has 2 aromatic rings. The van der Waals surface area contributed by atoms with E-state index >= 15 is 0 Å². The number of nitrogens with zero attached hydrogens (tertiary/aromatic N) is 5. The first kappa shape index (κ1) is 19.6. The first-order valence-corrected chi connectivity index (χ1v) is 10.5. The zero-order chi connectivity index (χ0) is 19.1. The predicted molar refractivity (Wildman–Crippen MR) is 110 cm³/mol. The fourth-order valence-corrected chi connectivity index (χ4v) is 3.58. The zero-order valence-electron chi connectivity index (χ0n) is 16.0. The Bertz CT molecular complexity index is 717.